The molecule has 0 bridgehead atoms. The van der Waals surface area contributed by atoms with Crippen molar-refractivity contribution in [3.8, 4) is 0 Å². The number of hydrogen-bond acceptors (Lipinski definition) is 3. The summed E-state index contributed by atoms with van der Waals surface area (Å²) in [6.45, 7) is 9.49. The van der Waals surface area contributed by atoms with Gasteiger partial charge in [0, 0.05) is 24.6 Å². The van der Waals surface area contributed by atoms with Crippen molar-refractivity contribution in [3.05, 3.63) is 27.9 Å². The molecule has 0 unspecified atom stereocenters. The molecule has 0 radical (unpaired) electrons. The van der Waals surface area contributed by atoms with Crippen LogP contribution in [0.1, 0.15) is 70.8 Å². The van der Waals surface area contributed by atoms with E-state index in [0.29, 0.717) is 23.9 Å². The highest BCUT2D eigenvalue weighted by atomic mass is 16.1. The molecule has 1 saturated carbocycles. The number of aromatic amines is 1. The fraction of sp³-hybridized carbons (Fsp3) is 0.750. The molecule has 0 aliphatic heterocycles. The third-order valence-corrected chi connectivity index (χ3v) is 4.23. The Morgan fingerprint density at radius 1 is 1.40 bits per heavy atom. The van der Waals surface area contributed by atoms with Crippen molar-refractivity contribution in [2.24, 2.45) is 5.41 Å². The van der Waals surface area contributed by atoms with Crippen molar-refractivity contribution in [3.63, 3.8) is 0 Å². The van der Waals surface area contributed by atoms with E-state index in [1.165, 1.54) is 12.8 Å². The fourth-order valence-corrected chi connectivity index (χ4v) is 2.79. The number of nitrogens with one attached hydrogen (secondary N) is 2. The van der Waals surface area contributed by atoms with Crippen molar-refractivity contribution in [2.45, 2.75) is 71.9 Å². The second-order valence-electron chi connectivity index (χ2n) is 7.10. The number of nitrogens with zero attached hydrogens (tertiary/aromatic N) is 1. The average Bonchev–Trinajstić information content (AvgIpc) is 2.35. The van der Waals surface area contributed by atoms with E-state index in [0.717, 1.165) is 24.4 Å². The van der Waals surface area contributed by atoms with Gasteiger partial charge in [-0.05, 0) is 31.1 Å². The summed E-state index contributed by atoms with van der Waals surface area (Å²) in [4.78, 5) is 19.4. The first-order valence-electron chi connectivity index (χ1n) is 7.69. The largest absolute Gasteiger partial charge is 0.310 e. The summed E-state index contributed by atoms with van der Waals surface area (Å²) in [5.74, 6) is 1.29. The van der Waals surface area contributed by atoms with Crippen LogP contribution in [0.5, 0.6) is 0 Å². The lowest BCUT2D eigenvalue weighted by Crippen LogP contribution is -2.26. The third kappa shape index (κ3) is 4.17. The van der Waals surface area contributed by atoms with Crippen LogP contribution in [-0.2, 0) is 6.54 Å². The quantitative estimate of drug-likeness (QED) is 0.889. The van der Waals surface area contributed by atoms with Crippen LogP contribution in [0, 0.1) is 5.41 Å². The minimum atomic E-state index is -0.0274. The second-order valence-corrected chi connectivity index (χ2v) is 7.10. The van der Waals surface area contributed by atoms with Crippen LogP contribution in [-0.4, -0.2) is 16.0 Å². The molecule has 0 aromatic carbocycles. The summed E-state index contributed by atoms with van der Waals surface area (Å²) in [5, 5.41) is 3.32. The standard InChI is InChI=1S/C16H27N3O/c1-11(2)17-10-13-9-14(20)19-15(18-13)12-5-7-16(3,4)8-6-12/h9,11-12,17H,5-8,10H2,1-4H3,(H,18,19,20). The average molecular weight is 277 g/mol. The lowest BCUT2D eigenvalue weighted by atomic mass is 9.73. The van der Waals surface area contributed by atoms with Crippen LogP contribution < -0.4 is 10.9 Å². The molecule has 1 fully saturated rings. The minimum absolute atomic E-state index is 0.0274. The summed E-state index contributed by atoms with van der Waals surface area (Å²) in [7, 11) is 0. The lowest BCUT2D eigenvalue weighted by Gasteiger charge is -2.33. The Labute approximate surface area is 121 Å². The topological polar surface area (TPSA) is 57.8 Å². The molecule has 0 atom stereocenters. The minimum Gasteiger partial charge on any atom is -0.310 e. The highest BCUT2D eigenvalue weighted by Crippen LogP contribution is 2.41. The first kappa shape index (κ1) is 15.2. The zero-order valence-corrected chi connectivity index (χ0v) is 13.1. The smallest absolute Gasteiger partial charge is 0.251 e. The van der Waals surface area contributed by atoms with Crippen LogP contribution in [0.15, 0.2) is 10.9 Å². The Morgan fingerprint density at radius 3 is 2.65 bits per heavy atom. The van der Waals surface area contributed by atoms with E-state index in [4.69, 9.17) is 0 Å². The normalized spacial score (nSPS) is 19.4. The lowest BCUT2D eigenvalue weighted by molar-refractivity contribution is 0.220. The molecule has 0 saturated heterocycles. The monoisotopic (exact) mass is 277 g/mol. The van der Waals surface area contributed by atoms with Gasteiger partial charge in [-0.25, -0.2) is 4.98 Å². The molecule has 0 spiro atoms. The van der Waals surface area contributed by atoms with E-state index in [1.54, 1.807) is 6.07 Å². The highest BCUT2D eigenvalue weighted by Gasteiger charge is 2.28. The Morgan fingerprint density at radius 2 is 2.05 bits per heavy atom. The zero-order chi connectivity index (χ0) is 14.8. The predicted octanol–water partition coefficient (Wildman–Crippen LogP) is 2.95. The molecule has 1 aliphatic rings. The molecule has 4 heteroatoms. The summed E-state index contributed by atoms with van der Waals surface area (Å²) in [6, 6.07) is 2.00. The maximum absolute atomic E-state index is 11.8. The van der Waals surface area contributed by atoms with Gasteiger partial charge in [0.2, 0.25) is 0 Å². The van der Waals surface area contributed by atoms with E-state index in [9.17, 15) is 4.79 Å². The Hall–Kier alpha value is -1.16. The highest BCUT2D eigenvalue weighted by molar-refractivity contribution is 5.07. The first-order chi connectivity index (χ1) is 9.35. The Balaban J connectivity index is 2.10. The SMILES string of the molecule is CC(C)NCc1cc(=O)[nH]c(C2CCC(C)(C)CC2)n1. The van der Waals surface area contributed by atoms with E-state index < -0.39 is 0 Å². The van der Waals surface area contributed by atoms with Gasteiger partial charge in [0.15, 0.2) is 0 Å². The summed E-state index contributed by atoms with van der Waals surface area (Å²) < 4.78 is 0. The van der Waals surface area contributed by atoms with Crippen molar-refractivity contribution >= 4 is 0 Å². The van der Waals surface area contributed by atoms with Gasteiger partial charge in [-0.1, -0.05) is 27.7 Å². The van der Waals surface area contributed by atoms with Gasteiger partial charge in [0.1, 0.15) is 5.82 Å². The van der Waals surface area contributed by atoms with Gasteiger partial charge in [0.05, 0.1) is 5.69 Å². The van der Waals surface area contributed by atoms with Gasteiger partial charge >= 0.3 is 0 Å². The van der Waals surface area contributed by atoms with Crippen LogP contribution >= 0.6 is 0 Å². The Bertz CT molecular complexity index is 495. The number of aromatic nitrogens is 2. The molecule has 2 N–H and O–H groups in total. The molecule has 112 valence electrons. The molecule has 0 amide bonds. The maximum Gasteiger partial charge on any atom is 0.251 e. The Kier molecular flexibility index (Phi) is 4.63. The molecular formula is C16H27N3O. The van der Waals surface area contributed by atoms with Crippen LogP contribution in [0.3, 0.4) is 0 Å². The first-order valence-corrected chi connectivity index (χ1v) is 7.69. The molecular weight excluding hydrogens is 250 g/mol. The number of rotatable bonds is 4. The molecule has 2 rings (SSSR count). The maximum atomic E-state index is 11.8. The van der Waals surface area contributed by atoms with Crippen molar-refractivity contribution in [2.75, 3.05) is 0 Å². The van der Waals surface area contributed by atoms with Crippen LogP contribution in [0.2, 0.25) is 0 Å². The molecule has 1 aliphatic carbocycles. The van der Waals surface area contributed by atoms with E-state index in [-0.39, 0.29) is 5.56 Å². The molecule has 1 aromatic rings. The van der Waals surface area contributed by atoms with Gasteiger partial charge in [-0.3, -0.25) is 4.79 Å². The van der Waals surface area contributed by atoms with Crippen LogP contribution in [0.4, 0.5) is 0 Å². The molecule has 4 nitrogen and oxygen atoms in total. The van der Waals surface area contributed by atoms with E-state index >= 15 is 0 Å². The van der Waals surface area contributed by atoms with Gasteiger partial charge < -0.3 is 10.3 Å². The van der Waals surface area contributed by atoms with Gasteiger partial charge in [-0.15, -0.1) is 0 Å². The molecule has 1 aromatic heterocycles. The zero-order valence-electron chi connectivity index (χ0n) is 13.1. The molecule has 1 heterocycles. The fourth-order valence-electron chi connectivity index (χ4n) is 2.79. The van der Waals surface area contributed by atoms with E-state index in [2.05, 4.69) is 43.0 Å². The summed E-state index contributed by atoms with van der Waals surface area (Å²) in [6.07, 6.45) is 4.65. The molecule has 20 heavy (non-hydrogen) atoms. The predicted molar refractivity (Wildman–Crippen MR) is 81.8 cm³/mol. The van der Waals surface area contributed by atoms with Gasteiger partial charge in [0.25, 0.3) is 5.56 Å². The summed E-state index contributed by atoms with van der Waals surface area (Å²) >= 11 is 0. The van der Waals surface area contributed by atoms with Crippen molar-refractivity contribution < 1.29 is 0 Å². The van der Waals surface area contributed by atoms with Crippen molar-refractivity contribution in [1.29, 1.82) is 0 Å². The van der Waals surface area contributed by atoms with Gasteiger partial charge in [-0.2, -0.15) is 0 Å². The van der Waals surface area contributed by atoms with Crippen molar-refractivity contribution in [1.82, 2.24) is 15.3 Å². The number of H-pyrrole nitrogens is 1. The van der Waals surface area contributed by atoms with E-state index in [1.807, 2.05) is 0 Å². The van der Waals surface area contributed by atoms with Crippen LogP contribution in [0.25, 0.3) is 0 Å². The second kappa shape index (κ2) is 6.08. The number of hydrogen-bond donors (Lipinski definition) is 2. The summed E-state index contributed by atoms with van der Waals surface area (Å²) in [5.41, 5.74) is 1.26. The third-order valence-electron chi connectivity index (χ3n) is 4.23.